The first-order valence-electron chi connectivity index (χ1n) is 17.2. The van der Waals surface area contributed by atoms with Gasteiger partial charge in [0.1, 0.15) is 6.10 Å². The van der Waals surface area contributed by atoms with Gasteiger partial charge < -0.3 is 34.3 Å². The third-order valence-electron chi connectivity index (χ3n) is 9.54. The molecule has 268 valence electrons. The molecule has 8 nitrogen and oxygen atoms in total. The summed E-state index contributed by atoms with van der Waals surface area (Å²) in [5.41, 5.74) is 0.880. The van der Waals surface area contributed by atoms with Crippen molar-refractivity contribution in [1.29, 1.82) is 0 Å². The first-order chi connectivity index (χ1) is 22.2. The number of rotatable bonds is 8. The number of aliphatic hydroxyl groups is 3. The Bertz CT molecular complexity index is 1080. The average Bonchev–Trinajstić information content (AvgIpc) is 3.01. The molecule has 0 aromatic heterocycles. The number of fused-ring (bicyclic) bond motifs is 2. The molecule has 2 aliphatic heterocycles. The van der Waals surface area contributed by atoms with Gasteiger partial charge in [-0.15, -0.1) is 0 Å². The maximum atomic E-state index is 13.3. The Morgan fingerprint density at radius 1 is 1.06 bits per heavy atom. The van der Waals surface area contributed by atoms with Crippen molar-refractivity contribution < 1.29 is 39.1 Å². The predicted octanol–water partition coefficient (Wildman–Crippen LogP) is 7.37. The van der Waals surface area contributed by atoms with Crippen molar-refractivity contribution in [3.63, 3.8) is 0 Å². The van der Waals surface area contributed by atoms with Crippen molar-refractivity contribution in [3.05, 3.63) is 58.3 Å². The summed E-state index contributed by atoms with van der Waals surface area (Å²) >= 11 is 2.14. The number of carbonyl (C=O) groups is 1. The van der Waals surface area contributed by atoms with Crippen LogP contribution in [-0.4, -0.2) is 76.9 Å². The Balaban J connectivity index is 2.26. The molecule has 0 aliphatic carbocycles. The minimum Gasteiger partial charge on any atom is -0.462 e. The highest BCUT2D eigenvalue weighted by Crippen LogP contribution is 2.39. The molecule has 3 N–H and O–H groups in total. The van der Waals surface area contributed by atoms with Crippen LogP contribution in [0.2, 0.25) is 0 Å². The summed E-state index contributed by atoms with van der Waals surface area (Å²) in [7, 11) is 1.70. The maximum absolute atomic E-state index is 13.3. The molecular weight excluding hydrogens is 711 g/mol. The fraction of sp³-hybridized carbons (Fsp3) is 0.711. The van der Waals surface area contributed by atoms with E-state index in [-0.39, 0.29) is 48.9 Å². The number of ether oxygens (including phenoxy) is 4. The zero-order valence-corrected chi connectivity index (χ0v) is 31.9. The zero-order chi connectivity index (χ0) is 35.1. The van der Waals surface area contributed by atoms with Crippen LogP contribution in [0.25, 0.3) is 0 Å². The summed E-state index contributed by atoms with van der Waals surface area (Å²) in [4.78, 5) is 13.3. The van der Waals surface area contributed by atoms with Gasteiger partial charge in [-0.1, -0.05) is 104 Å². The molecule has 47 heavy (non-hydrogen) atoms. The number of esters is 1. The van der Waals surface area contributed by atoms with E-state index in [1.54, 1.807) is 20.1 Å². The quantitative estimate of drug-likeness (QED) is 0.133. The zero-order valence-electron chi connectivity index (χ0n) is 29.8. The van der Waals surface area contributed by atoms with Gasteiger partial charge in [-0.05, 0) is 62.9 Å². The van der Waals surface area contributed by atoms with Crippen LogP contribution in [0.1, 0.15) is 93.4 Å². The maximum Gasteiger partial charge on any atom is 0.308 e. The second-order valence-electron chi connectivity index (χ2n) is 14.0. The molecule has 1 saturated heterocycles. The molecule has 0 amide bonds. The highest BCUT2D eigenvalue weighted by molar-refractivity contribution is 14.1. The molecule has 2 bridgehead atoms. The number of hydrogen-bond donors (Lipinski definition) is 3. The van der Waals surface area contributed by atoms with Gasteiger partial charge in [0.25, 0.3) is 0 Å². The van der Waals surface area contributed by atoms with Crippen LogP contribution in [0.4, 0.5) is 0 Å². The second kappa shape index (κ2) is 21.0. The van der Waals surface area contributed by atoms with Crippen LogP contribution >= 0.6 is 22.6 Å². The van der Waals surface area contributed by atoms with Gasteiger partial charge in [-0.25, -0.2) is 0 Å². The van der Waals surface area contributed by atoms with E-state index in [9.17, 15) is 20.1 Å². The monoisotopic (exact) mass is 772 g/mol. The summed E-state index contributed by atoms with van der Waals surface area (Å²) in [5.74, 6) is -1.99. The van der Waals surface area contributed by atoms with Gasteiger partial charge in [-0.2, -0.15) is 0 Å². The van der Waals surface area contributed by atoms with Crippen LogP contribution in [0, 0.1) is 23.7 Å². The number of allylic oxidation sites excluding steroid dienone is 7. The van der Waals surface area contributed by atoms with Crippen molar-refractivity contribution in [2.45, 2.75) is 142 Å². The topological polar surface area (TPSA) is 115 Å². The number of cyclic esters (lactones) is 1. The molecule has 9 heteroatoms. The number of carbonyl (C=O) groups excluding carboxylic acids is 1. The minimum atomic E-state index is -0.983. The molecular formula is C38H61IO8. The molecule has 2 heterocycles. The summed E-state index contributed by atoms with van der Waals surface area (Å²) in [6.07, 6.45) is 15.6. The largest absolute Gasteiger partial charge is 0.462 e. The average molecular weight is 773 g/mol. The number of methoxy groups -OCH3 is 1. The SMILES string of the molecule is CO[C@@H]1C/C=C\C=C\C[C@H](C)[C@H]2OC(C)(C)O[C@H]([C@H]2C)[C@H](C)[C@H](O)CC(=O)O[C@@H](C[C@H](O)[C@H](C)[C@H](O)/C=C(C)/C=C/C=C/I)CCC1. The Labute approximate surface area is 297 Å². The van der Waals surface area contributed by atoms with Gasteiger partial charge in [-0.3, -0.25) is 4.79 Å². The van der Waals surface area contributed by atoms with Crippen LogP contribution in [0.5, 0.6) is 0 Å². The number of hydrogen-bond acceptors (Lipinski definition) is 8. The Hall–Kier alpha value is -1.34. The molecule has 0 aromatic rings. The first-order valence-corrected chi connectivity index (χ1v) is 18.5. The highest BCUT2D eigenvalue weighted by Gasteiger charge is 2.46. The van der Waals surface area contributed by atoms with Crippen molar-refractivity contribution in [2.75, 3.05) is 7.11 Å². The third-order valence-corrected chi connectivity index (χ3v) is 9.95. The van der Waals surface area contributed by atoms with Crippen LogP contribution < -0.4 is 0 Å². The summed E-state index contributed by atoms with van der Waals surface area (Å²) < 4.78 is 26.3. The van der Waals surface area contributed by atoms with Crippen molar-refractivity contribution >= 4 is 28.6 Å². The molecule has 2 rings (SSSR count). The van der Waals surface area contributed by atoms with E-state index in [0.717, 1.165) is 31.3 Å². The van der Waals surface area contributed by atoms with E-state index in [1.807, 2.05) is 50.0 Å². The Morgan fingerprint density at radius 3 is 2.38 bits per heavy atom. The van der Waals surface area contributed by atoms with Gasteiger partial charge in [0.05, 0.1) is 43.0 Å². The second-order valence-corrected chi connectivity index (χ2v) is 14.7. The number of aliphatic hydroxyl groups excluding tert-OH is 3. The van der Waals surface area contributed by atoms with Crippen LogP contribution in [-0.2, 0) is 23.7 Å². The summed E-state index contributed by atoms with van der Waals surface area (Å²) in [6, 6.07) is 0. The van der Waals surface area contributed by atoms with E-state index in [4.69, 9.17) is 18.9 Å². The normalized spacial score (nSPS) is 35.6. The molecule has 0 radical (unpaired) electrons. The fourth-order valence-electron chi connectivity index (χ4n) is 6.50. The number of halogens is 1. The molecule has 11 atom stereocenters. The third kappa shape index (κ3) is 14.6. The molecule has 0 saturated carbocycles. The van der Waals surface area contributed by atoms with Gasteiger partial charge in [0.15, 0.2) is 5.79 Å². The Morgan fingerprint density at radius 2 is 1.72 bits per heavy atom. The molecule has 0 spiro atoms. The highest BCUT2D eigenvalue weighted by atomic mass is 127. The minimum absolute atomic E-state index is 0.00716. The molecule has 0 unspecified atom stereocenters. The lowest BCUT2D eigenvalue weighted by atomic mass is 9.79. The first kappa shape index (κ1) is 41.8. The molecule has 2 aliphatic rings. The molecule has 1 fully saturated rings. The summed E-state index contributed by atoms with van der Waals surface area (Å²) in [6.45, 7) is 13.7. The van der Waals surface area contributed by atoms with Crippen molar-refractivity contribution in [1.82, 2.24) is 0 Å². The standard InChI is InChI=1S/C38H61IO8/c1-25(16-13-14-21-39)22-32(40)27(3)33(41)23-31-20-15-19-30(44-8)18-12-10-9-11-17-26(2)36-29(5)37(47-38(6,7)46-36)28(4)34(42)24-35(43)45-31/h9-14,16,21-22,26-34,36-37,40-42H,15,17-20,23-24H2,1-8H3/b11-9+,12-10-,16-13+,21-14+,25-22+/t26-,27+,28+,29-,30+,31+,32+,33-,34+,36+,37-/m0/s1. The Kier molecular flexibility index (Phi) is 18.7. The lowest BCUT2D eigenvalue weighted by molar-refractivity contribution is -0.337. The molecule has 0 aromatic carbocycles. The van der Waals surface area contributed by atoms with E-state index in [2.05, 4.69) is 60.7 Å². The van der Waals surface area contributed by atoms with Gasteiger partial charge in [0.2, 0.25) is 0 Å². The van der Waals surface area contributed by atoms with E-state index in [1.165, 1.54) is 0 Å². The lowest BCUT2D eigenvalue weighted by Gasteiger charge is -2.49. The van der Waals surface area contributed by atoms with Crippen LogP contribution in [0.3, 0.4) is 0 Å². The fourth-order valence-corrected chi connectivity index (χ4v) is 6.74. The predicted molar refractivity (Wildman–Crippen MR) is 196 cm³/mol. The van der Waals surface area contributed by atoms with E-state index >= 15 is 0 Å². The lowest BCUT2D eigenvalue weighted by Crippen LogP contribution is -2.55. The van der Waals surface area contributed by atoms with Crippen molar-refractivity contribution in [2.24, 2.45) is 23.7 Å². The smallest absolute Gasteiger partial charge is 0.308 e. The van der Waals surface area contributed by atoms with E-state index in [0.29, 0.717) is 6.42 Å². The van der Waals surface area contributed by atoms with Gasteiger partial charge >= 0.3 is 5.97 Å². The summed E-state index contributed by atoms with van der Waals surface area (Å²) in [5, 5.41) is 33.3. The van der Waals surface area contributed by atoms with Crippen molar-refractivity contribution in [3.8, 4) is 0 Å². The van der Waals surface area contributed by atoms with E-state index < -0.39 is 42.1 Å². The van der Waals surface area contributed by atoms with Crippen LogP contribution in [0.15, 0.2) is 58.3 Å². The van der Waals surface area contributed by atoms with Gasteiger partial charge in [0, 0.05) is 31.3 Å².